The normalized spacial score (nSPS) is 19.8. The van der Waals surface area contributed by atoms with Crippen molar-refractivity contribution in [3.05, 3.63) is 29.8 Å². The summed E-state index contributed by atoms with van der Waals surface area (Å²) >= 11 is 0. The number of carbonyl (C=O) groups is 1. The monoisotopic (exact) mass is 248 g/mol. The largest absolute Gasteiger partial charge is 0.446 e. The first-order valence-corrected chi connectivity index (χ1v) is 6.51. The quantitative estimate of drug-likeness (QED) is 0.889. The number of aryl methyl sites for hydroxylation is 1. The number of hydrogen-bond donors (Lipinski definition) is 1. The fraction of sp³-hybridized carbons (Fsp3) is 0.500. The molecule has 0 saturated carbocycles. The number of nitrogens with two attached hydrogens (primary N) is 1. The standard InChI is InChI=1S/C14H20N2O2/c1-2-11-3-5-12(6-4-11)16-10-8-13(7-9-15)18-14(16)17/h3-6,13H,2,7-10,15H2,1H3. The second-order valence-corrected chi connectivity index (χ2v) is 4.54. The van der Waals surface area contributed by atoms with E-state index < -0.39 is 0 Å². The number of nitrogens with zero attached hydrogens (tertiary/aromatic N) is 1. The Morgan fingerprint density at radius 3 is 2.67 bits per heavy atom. The van der Waals surface area contributed by atoms with Crippen LogP contribution in [-0.4, -0.2) is 25.3 Å². The Hall–Kier alpha value is -1.55. The lowest BCUT2D eigenvalue weighted by Crippen LogP contribution is -2.42. The minimum Gasteiger partial charge on any atom is -0.446 e. The van der Waals surface area contributed by atoms with Crippen LogP contribution in [0.4, 0.5) is 10.5 Å². The van der Waals surface area contributed by atoms with Crippen LogP contribution in [0.25, 0.3) is 0 Å². The van der Waals surface area contributed by atoms with Gasteiger partial charge >= 0.3 is 6.09 Å². The van der Waals surface area contributed by atoms with Crippen molar-refractivity contribution in [2.24, 2.45) is 5.73 Å². The first kappa shape index (κ1) is 12.9. The van der Waals surface area contributed by atoms with Gasteiger partial charge in [0.25, 0.3) is 0 Å². The van der Waals surface area contributed by atoms with E-state index in [1.165, 1.54) is 5.56 Å². The highest BCUT2D eigenvalue weighted by atomic mass is 16.6. The first-order chi connectivity index (χ1) is 8.74. The molecule has 4 nitrogen and oxygen atoms in total. The average Bonchev–Trinajstić information content (AvgIpc) is 2.40. The topological polar surface area (TPSA) is 55.6 Å². The van der Waals surface area contributed by atoms with Crippen LogP contribution in [0.1, 0.15) is 25.3 Å². The van der Waals surface area contributed by atoms with Crippen LogP contribution in [0.2, 0.25) is 0 Å². The summed E-state index contributed by atoms with van der Waals surface area (Å²) in [6.45, 7) is 3.37. The zero-order chi connectivity index (χ0) is 13.0. The van der Waals surface area contributed by atoms with Crippen molar-refractivity contribution in [3.8, 4) is 0 Å². The average molecular weight is 248 g/mol. The Balaban J connectivity index is 2.03. The molecule has 1 fully saturated rings. The van der Waals surface area contributed by atoms with Crippen molar-refractivity contribution in [2.45, 2.75) is 32.3 Å². The van der Waals surface area contributed by atoms with E-state index in [0.29, 0.717) is 13.1 Å². The smallest absolute Gasteiger partial charge is 0.414 e. The van der Waals surface area contributed by atoms with Gasteiger partial charge < -0.3 is 10.5 Å². The summed E-state index contributed by atoms with van der Waals surface area (Å²) in [4.78, 5) is 13.6. The van der Waals surface area contributed by atoms with Gasteiger partial charge in [-0.2, -0.15) is 0 Å². The van der Waals surface area contributed by atoms with Crippen molar-refractivity contribution in [2.75, 3.05) is 18.0 Å². The summed E-state index contributed by atoms with van der Waals surface area (Å²) < 4.78 is 5.36. The molecule has 1 heterocycles. The third-order valence-electron chi connectivity index (χ3n) is 3.31. The fourth-order valence-corrected chi connectivity index (χ4v) is 2.16. The number of cyclic esters (lactones) is 1. The van der Waals surface area contributed by atoms with Gasteiger partial charge in [0.05, 0.1) is 0 Å². The van der Waals surface area contributed by atoms with Gasteiger partial charge in [0.1, 0.15) is 6.10 Å². The van der Waals surface area contributed by atoms with Crippen LogP contribution in [0.3, 0.4) is 0 Å². The highest BCUT2D eigenvalue weighted by molar-refractivity contribution is 5.88. The molecule has 1 aromatic rings. The van der Waals surface area contributed by atoms with Crippen molar-refractivity contribution in [1.29, 1.82) is 0 Å². The molecule has 1 aliphatic rings. The van der Waals surface area contributed by atoms with E-state index in [0.717, 1.165) is 24.9 Å². The summed E-state index contributed by atoms with van der Waals surface area (Å²) in [5.74, 6) is 0. The number of carbonyl (C=O) groups excluding carboxylic acids is 1. The summed E-state index contributed by atoms with van der Waals surface area (Å²) in [5, 5.41) is 0. The molecule has 2 rings (SSSR count). The van der Waals surface area contributed by atoms with Crippen molar-refractivity contribution < 1.29 is 9.53 Å². The van der Waals surface area contributed by atoms with Crippen LogP contribution in [0.15, 0.2) is 24.3 Å². The lowest BCUT2D eigenvalue weighted by molar-refractivity contribution is 0.0807. The number of ether oxygens (including phenoxy) is 1. The van der Waals surface area contributed by atoms with Gasteiger partial charge in [0.15, 0.2) is 0 Å². The van der Waals surface area contributed by atoms with E-state index in [1.54, 1.807) is 4.90 Å². The minimum atomic E-state index is -0.260. The molecule has 2 N–H and O–H groups in total. The summed E-state index contributed by atoms with van der Waals surface area (Å²) in [7, 11) is 0. The number of amides is 1. The molecule has 18 heavy (non-hydrogen) atoms. The summed E-state index contributed by atoms with van der Waals surface area (Å²) in [6, 6.07) is 8.05. The molecule has 0 spiro atoms. The Morgan fingerprint density at radius 2 is 2.11 bits per heavy atom. The maximum atomic E-state index is 11.9. The second-order valence-electron chi connectivity index (χ2n) is 4.54. The summed E-state index contributed by atoms with van der Waals surface area (Å²) in [5.41, 5.74) is 7.65. The van der Waals surface area contributed by atoms with E-state index in [1.807, 2.05) is 12.1 Å². The van der Waals surface area contributed by atoms with E-state index in [4.69, 9.17) is 10.5 Å². The maximum Gasteiger partial charge on any atom is 0.414 e. The number of hydrogen-bond acceptors (Lipinski definition) is 3. The summed E-state index contributed by atoms with van der Waals surface area (Å²) in [6.07, 6.45) is 2.31. The van der Waals surface area contributed by atoms with E-state index in [-0.39, 0.29) is 12.2 Å². The van der Waals surface area contributed by atoms with Gasteiger partial charge in [-0.3, -0.25) is 4.90 Å². The van der Waals surface area contributed by atoms with E-state index >= 15 is 0 Å². The number of benzene rings is 1. The number of anilines is 1. The maximum absolute atomic E-state index is 11.9. The van der Waals surface area contributed by atoms with Gasteiger partial charge in [0, 0.05) is 18.7 Å². The molecule has 0 aliphatic carbocycles. The van der Waals surface area contributed by atoms with Crippen LogP contribution in [-0.2, 0) is 11.2 Å². The lowest BCUT2D eigenvalue weighted by Gasteiger charge is -2.31. The molecular formula is C14H20N2O2. The SMILES string of the molecule is CCc1ccc(N2CCC(CCN)OC2=O)cc1. The highest BCUT2D eigenvalue weighted by Gasteiger charge is 2.27. The van der Waals surface area contributed by atoms with Gasteiger partial charge in [-0.05, 0) is 37.1 Å². The molecule has 98 valence electrons. The van der Waals surface area contributed by atoms with Crippen LogP contribution < -0.4 is 10.6 Å². The lowest BCUT2D eigenvalue weighted by atomic mass is 10.1. The van der Waals surface area contributed by atoms with E-state index in [9.17, 15) is 4.79 Å². The molecule has 1 unspecified atom stereocenters. The van der Waals surface area contributed by atoms with Gasteiger partial charge in [-0.15, -0.1) is 0 Å². The van der Waals surface area contributed by atoms with Crippen molar-refractivity contribution in [1.82, 2.24) is 0 Å². The van der Waals surface area contributed by atoms with Crippen LogP contribution in [0, 0.1) is 0 Å². The van der Waals surface area contributed by atoms with Gasteiger partial charge in [-0.1, -0.05) is 19.1 Å². The molecule has 0 bridgehead atoms. The Morgan fingerprint density at radius 1 is 1.39 bits per heavy atom. The first-order valence-electron chi connectivity index (χ1n) is 6.51. The Kier molecular flexibility index (Phi) is 4.20. The molecule has 1 aliphatic heterocycles. The molecule has 0 radical (unpaired) electrons. The predicted octanol–water partition coefficient (Wildman–Crippen LogP) is 2.31. The van der Waals surface area contributed by atoms with Gasteiger partial charge in [0.2, 0.25) is 0 Å². The van der Waals surface area contributed by atoms with Crippen molar-refractivity contribution >= 4 is 11.8 Å². The highest BCUT2D eigenvalue weighted by Crippen LogP contribution is 2.22. The predicted molar refractivity (Wildman–Crippen MR) is 71.7 cm³/mol. The molecule has 1 aromatic carbocycles. The van der Waals surface area contributed by atoms with Crippen molar-refractivity contribution in [3.63, 3.8) is 0 Å². The zero-order valence-electron chi connectivity index (χ0n) is 10.8. The zero-order valence-corrected chi connectivity index (χ0v) is 10.8. The van der Waals surface area contributed by atoms with Gasteiger partial charge in [-0.25, -0.2) is 4.79 Å². The van der Waals surface area contributed by atoms with E-state index in [2.05, 4.69) is 19.1 Å². The molecule has 0 aromatic heterocycles. The second kappa shape index (κ2) is 5.87. The third-order valence-corrected chi connectivity index (χ3v) is 3.31. The molecule has 1 atom stereocenters. The Labute approximate surface area is 108 Å². The Bertz CT molecular complexity index is 403. The van der Waals surface area contributed by atoms with Crippen LogP contribution in [0.5, 0.6) is 0 Å². The number of rotatable bonds is 4. The molecular weight excluding hydrogens is 228 g/mol. The fourth-order valence-electron chi connectivity index (χ4n) is 2.16. The minimum absolute atomic E-state index is 0.0198. The molecule has 1 saturated heterocycles. The molecule has 4 heteroatoms. The third kappa shape index (κ3) is 2.82. The molecule has 1 amide bonds. The van der Waals surface area contributed by atoms with Crippen LogP contribution >= 0.6 is 0 Å².